The summed E-state index contributed by atoms with van der Waals surface area (Å²) in [5.74, 6) is -0.144. The molecule has 2 N–H and O–H groups in total. The van der Waals surface area contributed by atoms with Crippen molar-refractivity contribution in [1.29, 1.82) is 5.26 Å². The highest BCUT2D eigenvalue weighted by Gasteiger charge is 2.37. The number of nitriles is 1. The van der Waals surface area contributed by atoms with Crippen molar-refractivity contribution in [3.05, 3.63) is 34.9 Å². The first kappa shape index (κ1) is 18.7. The van der Waals surface area contributed by atoms with Crippen LogP contribution in [0, 0.1) is 23.2 Å². The fraction of sp³-hybridized carbons (Fsp3) is 0.550. The molecular formula is C20H24ClN3O2. The van der Waals surface area contributed by atoms with Crippen molar-refractivity contribution in [2.75, 3.05) is 0 Å². The molecule has 6 heteroatoms. The van der Waals surface area contributed by atoms with Gasteiger partial charge >= 0.3 is 0 Å². The zero-order valence-corrected chi connectivity index (χ0v) is 15.5. The minimum Gasteiger partial charge on any atom is -0.352 e. The summed E-state index contributed by atoms with van der Waals surface area (Å²) < 4.78 is 0. The lowest BCUT2D eigenvalue weighted by molar-refractivity contribution is -0.128. The van der Waals surface area contributed by atoms with Crippen LogP contribution < -0.4 is 10.6 Å². The Labute approximate surface area is 159 Å². The predicted molar refractivity (Wildman–Crippen MR) is 99.3 cm³/mol. The number of nitrogens with one attached hydrogen (secondary N) is 2. The van der Waals surface area contributed by atoms with Crippen LogP contribution in [-0.2, 0) is 16.0 Å². The number of carbonyl (C=O) groups excluding carboxylic acids is 2. The van der Waals surface area contributed by atoms with Crippen molar-refractivity contribution in [2.45, 2.75) is 57.0 Å². The Hall–Kier alpha value is -2.06. The van der Waals surface area contributed by atoms with Crippen LogP contribution >= 0.6 is 11.6 Å². The van der Waals surface area contributed by atoms with E-state index in [1.54, 1.807) is 12.1 Å². The molecule has 0 bridgehead atoms. The summed E-state index contributed by atoms with van der Waals surface area (Å²) in [6.07, 6.45) is 5.80. The molecule has 26 heavy (non-hydrogen) atoms. The molecule has 0 aromatic heterocycles. The molecule has 1 aromatic rings. The van der Waals surface area contributed by atoms with Gasteiger partial charge in [0.25, 0.3) is 0 Å². The Bertz CT molecular complexity index is 694. The fourth-order valence-electron chi connectivity index (χ4n) is 3.61. The smallest absolute Gasteiger partial charge is 0.226 e. The molecule has 1 aromatic carbocycles. The molecule has 3 atom stereocenters. The van der Waals surface area contributed by atoms with E-state index in [9.17, 15) is 14.9 Å². The van der Waals surface area contributed by atoms with E-state index in [4.69, 9.17) is 11.6 Å². The summed E-state index contributed by atoms with van der Waals surface area (Å²) >= 11 is 5.87. The number of rotatable bonds is 6. The van der Waals surface area contributed by atoms with Crippen LogP contribution in [0.4, 0.5) is 0 Å². The average molecular weight is 374 g/mol. The summed E-state index contributed by atoms with van der Waals surface area (Å²) in [5.41, 5.74) is 0.891. The number of hydrogen-bond acceptors (Lipinski definition) is 3. The maximum Gasteiger partial charge on any atom is 0.226 e. The van der Waals surface area contributed by atoms with Gasteiger partial charge in [0.1, 0.15) is 6.04 Å². The Morgan fingerprint density at radius 1 is 1.15 bits per heavy atom. The van der Waals surface area contributed by atoms with Crippen LogP contribution in [0.2, 0.25) is 5.02 Å². The number of halogens is 1. The second-order valence-electron chi connectivity index (χ2n) is 7.32. The molecule has 5 nitrogen and oxygen atoms in total. The van der Waals surface area contributed by atoms with Crippen LogP contribution in [0.5, 0.6) is 0 Å². The summed E-state index contributed by atoms with van der Waals surface area (Å²) in [4.78, 5) is 25.1. The van der Waals surface area contributed by atoms with Crippen molar-refractivity contribution < 1.29 is 9.59 Å². The first-order valence-electron chi connectivity index (χ1n) is 9.30. The van der Waals surface area contributed by atoms with Gasteiger partial charge in [-0.15, -0.1) is 0 Å². The highest BCUT2D eigenvalue weighted by atomic mass is 35.5. The van der Waals surface area contributed by atoms with Gasteiger partial charge in [0, 0.05) is 11.1 Å². The van der Waals surface area contributed by atoms with Crippen LogP contribution in [0.15, 0.2) is 24.3 Å². The van der Waals surface area contributed by atoms with Crippen LogP contribution in [0.25, 0.3) is 0 Å². The van der Waals surface area contributed by atoms with Gasteiger partial charge in [-0.05, 0) is 49.3 Å². The van der Waals surface area contributed by atoms with E-state index in [1.807, 2.05) is 12.1 Å². The number of benzene rings is 1. The molecule has 138 valence electrons. The van der Waals surface area contributed by atoms with E-state index in [1.165, 1.54) is 0 Å². The lowest BCUT2D eigenvalue weighted by Gasteiger charge is -2.32. The highest BCUT2D eigenvalue weighted by Crippen LogP contribution is 2.33. The lowest BCUT2D eigenvalue weighted by Crippen LogP contribution is -2.50. The topological polar surface area (TPSA) is 82.0 Å². The molecule has 2 aliphatic rings. The second-order valence-corrected chi connectivity index (χ2v) is 7.76. The van der Waals surface area contributed by atoms with Crippen molar-refractivity contribution in [1.82, 2.24) is 10.6 Å². The maximum atomic E-state index is 12.7. The molecule has 1 unspecified atom stereocenters. The monoisotopic (exact) mass is 373 g/mol. The quantitative estimate of drug-likeness (QED) is 0.804. The van der Waals surface area contributed by atoms with Crippen molar-refractivity contribution in [3.63, 3.8) is 0 Å². The van der Waals surface area contributed by atoms with Crippen molar-refractivity contribution in [3.8, 4) is 6.07 Å². The third-order valence-corrected chi connectivity index (χ3v) is 5.51. The Kier molecular flexibility index (Phi) is 6.16. The molecule has 0 aliphatic heterocycles. The normalized spacial score (nSPS) is 23.5. The fourth-order valence-corrected chi connectivity index (χ4v) is 3.73. The molecule has 2 saturated carbocycles. The molecule has 0 heterocycles. The third-order valence-electron chi connectivity index (χ3n) is 5.26. The van der Waals surface area contributed by atoms with Gasteiger partial charge in [-0.3, -0.25) is 9.59 Å². The van der Waals surface area contributed by atoms with Crippen molar-refractivity contribution >= 4 is 23.4 Å². The SMILES string of the molecule is N#CC(NC(=O)[C@H]1CCCC[C@H]1NC(=O)Cc1ccc(Cl)cc1)C1CC1. The number of nitrogens with zero attached hydrogens (tertiary/aromatic N) is 1. The number of hydrogen-bond donors (Lipinski definition) is 2. The van der Waals surface area contributed by atoms with Gasteiger partial charge in [-0.1, -0.05) is 36.6 Å². The van der Waals surface area contributed by atoms with Gasteiger partial charge < -0.3 is 10.6 Å². The predicted octanol–water partition coefficient (Wildman–Crippen LogP) is 2.98. The Balaban J connectivity index is 1.57. The zero-order valence-electron chi connectivity index (χ0n) is 14.7. The van der Waals surface area contributed by atoms with E-state index in [-0.39, 0.29) is 30.2 Å². The van der Waals surface area contributed by atoms with E-state index < -0.39 is 6.04 Å². The summed E-state index contributed by atoms with van der Waals surface area (Å²) in [6.45, 7) is 0. The number of amides is 2. The first-order chi connectivity index (χ1) is 12.6. The molecular weight excluding hydrogens is 350 g/mol. The van der Waals surface area contributed by atoms with Crippen molar-refractivity contribution in [2.24, 2.45) is 11.8 Å². The van der Waals surface area contributed by atoms with Gasteiger partial charge in [0.05, 0.1) is 18.4 Å². The van der Waals surface area contributed by atoms with Crippen LogP contribution in [0.1, 0.15) is 44.1 Å². The molecule has 2 fully saturated rings. The minimum absolute atomic E-state index is 0.0870. The van der Waals surface area contributed by atoms with Crippen LogP contribution in [0.3, 0.4) is 0 Å². The minimum atomic E-state index is -0.394. The lowest BCUT2D eigenvalue weighted by atomic mass is 9.83. The van der Waals surface area contributed by atoms with E-state index in [0.717, 1.165) is 44.1 Å². The average Bonchev–Trinajstić information content (AvgIpc) is 3.47. The second kappa shape index (κ2) is 8.55. The number of carbonyl (C=O) groups is 2. The molecule has 2 amide bonds. The highest BCUT2D eigenvalue weighted by molar-refractivity contribution is 6.30. The molecule has 0 spiro atoms. The molecule has 0 radical (unpaired) electrons. The Morgan fingerprint density at radius 2 is 1.85 bits per heavy atom. The van der Waals surface area contributed by atoms with Gasteiger partial charge in [-0.25, -0.2) is 0 Å². The zero-order chi connectivity index (χ0) is 18.5. The van der Waals surface area contributed by atoms with Gasteiger partial charge in [0.2, 0.25) is 11.8 Å². The van der Waals surface area contributed by atoms with E-state index >= 15 is 0 Å². The molecule has 3 rings (SSSR count). The largest absolute Gasteiger partial charge is 0.352 e. The first-order valence-corrected chi connectivity index (χ1v) is 9.68. The third kappa shape index (κ3) is 4.98. The van der Waals surface area contributed by atoms with Gasteiger partial charge in [-0.2, -0.15) is 5.26 Å². The summed E-state index contributed by atoms with van der Waals surface area (Å²) in [7, 11) is 0. The van der Waals surface area contributed by atoms with E-state index in [2.05, 4.69) is 16.7 Å². The summed E-state index contributed by atoms with van der Waals surface area (Å²) in [5, 5.41) is 15.8. The Morgan fingerprint density at radius 3 is 2.50 bits per heavy atom. The molecule has 2 aliphatic carbocycles. The van der Waals surface area contributed by atoms with Crippen LogP contribution in [-0.4, -0.2) is 23.9 Å². The van der Waals surface area contributed by atoms with E-state index in [0.29, 0.717) is 10.9 Å². The van der Waals surface area contributed by atoms with Gasteiger partial charge in [0.15, 0.2) is 0 Å². The molecule has 0 saturated heterocycles. The maximum absolute atomic E-state index is 12.7. The summed E-state index contributed by atoms with van der Waals surface area (Å²) in [6, 6.07) is 8.83. The standard InChI is InChI=1S/C20H24ClN3O2/c21-15-9-5-13(6-10-15)11-19(25)23-17-4-2-1-3-16(17)20(26)24-18(12-22)14-7-8-14/h5-6,9-10,14,16-18H,1-4,7-8,11H2,(H,23,25)(H,24,26)/t16-,17+,18?/m0/s1.